The molecule has 0 aliphatic heterocycles. The normalized spacial score (nSPS) is 10.3. The standard InChI is InChI=1S/C15H17N3OS/c1-10-3-4-11(2)13(7-10)18-15(19)9-20-12-5-6-14(16)17-8-12/h3-8H,9H2,1-2H3,(H2,16,17)(H,18,19). The average Bonchev–Trinajstić information content (AvgIpc) is 2.42. The highest BCUT2D eigenvalue weighted by molar-refractivity contribution is 8.00. The van der Waals surface area contributed by atoms with E-state index in [9.17, 15) is 4.79 Å². The number of nitrogens with zero attached hydrogens (tertiary/aromatic N) is 1. The molecule has 2 rings (SSSR count). The predicted molar refractivity (Wildman–Crippen MR) is 83.9 cm³/mol. The van der Waals surface area contributed by atoms with Gasteiger partial charge >= 0.3 is 0 Å². The van der Waals surface area contributed by atoms with E-state index in [1.807, 2.05) is 38.1 Å². The molecule has 1 aromatic heterocycles. The molecule has 1 heterocycles. The van der Waals surface area contributed by atoms with Gasteiger partial charge in [0, 0.05) is 16.8 Å². The molecule has 0 radical (unpaired) electrons. The summed E-state index contributed by atoms with van der Waals surface area (Å²) in [6.45, 7) is 3.98. The second-order valence-corrected chi connectivity index (χ2v) is 5.62. The minimum atomic E-state index is -0.0273. The Hall–Kier alpha value is -2.01. The molecule has 5 heteroatoms. The van der Waals surface area contributed by atoms with Crippen molar-refractivity contribution in [2.24, 2.45) is 0 Å². The number of nitrogens with two attached hydrogens (primary N) is 1. The molecule has 104 valence electrons. The molecule has 1 aromatic carbocycles. The summed E-state index contributed by atoms with van der Waals surface area (Å²) >= 11 is 1.44. The lowest BCUT2D eigenvalue weighted by Gasteiger charge is -2.09. The first kappa shape index (κ1) is 14.4. The number of benzene rings is 1. The minimum absolute atomic E-state index is 0.0273. The van der Waals surface area contributed by atoms with Crippen LogP contribution in [0.3, 0.4) is 0 Å². The van der Waals surface area contributed by atoms with Gasteiger partial charge in [0.2, 0.25) is 5.91 Å². The van der Waals surface area contributed by atoms with Crippen molar-refractivity contribution in [2.45, 2.75) is 18.7 Å². The Labute approximate surface area is 122 Å². The van der Waals surface area contributed by atoms with E-state index in [1.165, 1.54) is 11.8 Å². The van der Waals surface area contributed by atoms with Crippen molar-refractivity contribution in [3.63, 3.8) is 0 Å². The number of aromatic nitrogens is 1. The maximum absolute atomic E-state index is 11.9. The summed E-state index contributed by atoms with van der Waals surface area (Å²) in [6.07, 6.45) is 1.67. The molecule has 0 spiro atoms. The number of hydrogen-bond donors (Lipinski definition) is 2. The summed E-state index contributed by atoms with van der Waals surface area (Å²) in [5, 5.41) is 2.93. The molecule has 1 amide bonds. The zero-order valence-corrected chi connectivity index (χ0v) is 12.3. The molecule has 0 aliphatic rings. The van der Waals surface area contributed by atoms with Crippen LogP contribution < -0.4 is 11.1 Å². The predicted octanol–water partition coefficient (Wildman–Crippen LogP) is 3.01. The minimum Gasteiger partial charge on any atom is -0.384 e. The lowest BCUT2D eigenvalue weighted by Crippen LogP contribution is -2.14. The molecule has 0 saturated heterocycles. The van der Waals surface area contributed by atoms with Crippen LogP contribution in [0.2, 0.25) is 0 Å². The van der Waals surface area contributed by atoms with E-state index in [-0.39, 0.29) is 5.91 Å². The highest BCUT2D eigenvalue weighted by Gasteiger charge is 2.06. The van der Waals surface area contributed by atoms with Gasteiger partial charge in [0.05, 0.1) is 5.75 Å². The number of carbonyl (C=O) groups excluding carboxylic acids is 1. The van der Waals surface area contributed by atoms with Crippen LogP contribution in [0.4, 0.5) is 11.5 Å². The van der Waals surface area contributed by atoms with Gasteiger partial charge in [-0.15, -0.1) is 11.8 Å². The number of pyridine rings is 1. The van der Waals surface area contributed by atoms with E-state index >= 15 is 0 Å². The first-order chi connectivity index (χ1) is 9.54. The second-order valence-electron chi connectivity index (χ2n) is 4.57. The number of carbonyl (C=O) groups is 1. The number of thioether (sulfide) groups is 1. The zero-order chi connectivity index (χ0) is 14.5. The summed E-state index contributed by atoms with van der Waals surface area (Å²) in [7, 11) is 0. The smallest absolute Gasteiger partial charge is 0.234 e. The Morgan fingerprint density at radius 3 is 2.80 bits per heavy atom. The maximum Gasteiger partial charge on any atom is 0.234 e. The van der Waals surface area contributed by atoms with E-state index in [0.29, 0.717) is 11.6 Å². The SMILES string of the molecule is Cc1ccc(C)c(NC(=O)CSc2ccc(N)nc2)c1. The highest BCUT2D eigenvalue weighted by atomic mass is 32.2. The molecule has 4 nitrogen and oxygen atoms in total. The zero-order valence-electron chi connectivity index (χ0n) is 11.5. The van der Waals surface area contributed by atoms with Crippen molar-refractivity contribution in [1.82, 2.24) is 4.98 Å². The van der Waals surface area contributed by atoms with E-state index in [4.69, 9.17) is 5.73 Å². The molecule has 0 atom stereocenters. The van der Waals surface area contributed by atoms with Crippen LogP contribution in [-0.4, -0.2) is 16.6 Å². The molecule has 20 heavy (non-hydrogen) atoms. The third kappa shape index (κ3) is 3.99. The van der Waals surface area contributed by atoms with E-state index in [0.717, 1.165) is 21.7 Å². The van der Waals surface area contributed by atoms with Gasteiger partial charge in [0.15, 0.2) is 0 Å². The number of anilines is 2. The molecular formula is C15H17N3OS. The average molecular weight is 287 g/mol. The number of hydrogen-bond acceptors (Lipinski definition) is 4. The van der Waals surface area contributed by atoms with Crippen LogP contribution in [0.5, 0.6) is 0 Å². The summed E-state index contributed by atoms with van der Waals surface area (Å²) in [6, 6.07) is 9.59. The Morgan fingerprint density at radius 1 is 1.30 bits per heavy atom. The summed E-state index contributed by atoms with van der Waals surface area (Å²) < 4.78 is 0. The Balaban J connectivity index is 1.92. The molecule has 0 unspecified atom stereocenters. The lowest BCUT2D eigenvalue weighted by molar-refractivity contribution is -0.113. The highest BCUT2D eigenvalue weighted by Crippen LogP contribution is 2.19. The van der Waals surface area contributed by atoms with Crippen LogP contribution in [0.15, 0.2) is 41.4 Å². The van der Waals surface area contributed by atoms with Gasteiger partial charge in [-0.1, -0.05) is 12.1 Å². The third-order valence-corrected chi connectivity index (χ3v) is 3.78. The molecule has 3 N–H and O–H groups in total. The lowest BCUT2D eigenvalue weighted by atomic mass is 10.1. The third-order valence-electron chi connectivity index (χ3n) is 2.80. The Morgan fingerprint density at radius 2 is 2.10 bits per heavy atom. The van der Waals surface area contributed by atoms with Gasteiger partial charge in [0.1, 0.15) is 5.82 Å². The van der Waals surface area contributed by atoms with E-state index < -0.39 is 0 Å². The maximum atomic E-state index is 11.9. The fourth-order valence-electron chi connectivity index (χ4n) is 1.68. The molecule has 0 fully saturated rings. The first-order valence-electron chi connectivity index (χ1n) is 6.26. The monoisotopic (exact) mass is 287 g/mol. The van der Waals surface area contributed by atoms with Crippen molar-refractivity contribution in [3.05, 3.63) is 47.7 Å². The summed E-state index contributed by atoms with van der Waals surface area (Å²) in [5.74, 6) is 0.800. The molecule has 0 saturated carbocycles. The molecule has 0 bridgehead atoms. The van der Waals surface area contributed by atoms with Crippen molar-refractivity contribution in [1.29, 1.82) is 0 Å². The number of nitrogens with one attached hydrogen (secondary N) is 1. The Bertz CT molecular complexity index is 611. The number of amides is 1. The van der Waals surface area contributed by atoms with E-state index in [1.54, 1.807) is 12.3 Å². The first-order valence-corrected chi connectivity index (χ1v) is 7.24. The molecule has 2 aromatic rings. The van der Waals surface area contributed by atoms with Crippen molar-refractivity contribution in [2.75, 3.05) is 16.8 Å². The number of rotatable bonds is 4. The topological polar surface area (TPSA) is 68.0 Å². The van der Waals surface area contributed by atoms with Gasteiger partial charge in [-0.2, -0.15) is 0 Å². The van der Waals surface area contributed by atoms with Crippen LogP contribution in [-0.2, 0) is 4.79 Å². The summed E-state index contributed by atoms with van der Waals surface area (Å²) in [4.78, 5) is 16.9. The van der Waals surface area contributed by atoms with Gasteiger partial charge in [0.25, 0.3) is 0 Å². The van der Waals surface area contributed by atoms with Crippen molar-refractivity contribution >= 4 is 29.2 Å². The quantitative estimate of drug-likeness (QED) is 0.848. The van der Waals surface area contributed by atoms with Crippen molar-refractivity contribution < 1.29 is 4.79 Å². The molecular weight excluding hydrogens is 270 g/mol. The summed E-state index contributed by atoms with van der Waals surface area (Å²) in [5.41, 5.74) is 8.57. The van der Waals surface area contributed by atoms with Crippen molar-refractivity contribution in [3.8, 4) is 0 Å². The van der Waals surface area contributed by atoms with Gasteiger partial charge < -0.3 is 11.1 Å². The van der Waals surface area contributed by atoms with E-state index in [2.05, 4.69) is 10.3 Å². The van der Waals surface area contributed by atoms with Gasteiger partial charge in [-0.25, -0.2) is 4.98 Å². The van der Waals surface area contributed by atoms with Crippen LogP contribution in [0.1, 0.15) is 11.1 Å². The second kappa shape index (κ2) is 6.43. The van der Waals surface area contributed by atoms with Crippen LogP contribution in [0, 0.1) is 13.8 Å². The largest absolute Gasteiger partial charge is 0.384 e. The number of aryl methyl sites for hydroxylation is 2. The van der Waals surface area contributed by atoms with Crippen LogP contribution in [0.25, 0.3) is 0 Å². The fraction of sp³-hybridized carbons (Fsp3) is 0.200. The fourth-order valence-corrected chi connectivity index (χ4v) is 2.34. The van der Waals surface area contributed by atoms with Gasteiger partial charge in [-0.3, -0.25) is 4.79 Å². The van der Waals surface area contributed by atoms with Crippen LogP contribution >= 0.6 is 11.8 Å². The number of nitrogen functional groups attached to an aromatic ring is 1. The molecule has 0 aliphatic carbocycles. The van der Waals surface area contributed by atoms with Gasteiger partial charge in [-0.05, 0) is 43.2 Å². The Kier molecular flexibility index (Phi) is 4.63.